The van der Waals surface area contributed by atoms with Gasteiger partial charge in [-0.05, 0) is 24.3 Å². The molecule has 0 bridgehead atoms. The van der Waals surface area contributed by atoms with Crippen LogP contribution in [0.4, 0.5) is 5.69 Å². The van der Waals surface area contributed by atoms with Gasteiger partial charge in [-0.3, -0.25) is 4.79 Å². The lowest BCUT2D eigenvalue weighted by atomic mass is 10.1. The zero-order chi connectivity index (χ0) is 11.8. The number of carbonyl (C=O) groups is 1. The number of benzene rings is 1. The van der Waals surface area contributed by atoms with Crippen molar-refractivity contribution in [3.8, 4) is 0 Å². The highest BCUT2D eigenvalue weighted by Gasteiger charge is 2.23. The summed E-state index contributed by atoms with van der Waals surface area (Å²) >= 11 is 5.96. The first kappa shape index (κ1) is 10.2. The van der Waals surface area contributed by atoms with Crippen molar-refractivity contribution in [3.63, 3.8) is 0 Å². The van der Waals surface area contributed by atoms with Crippen molar-refractivity contribution in [2.24, 2.45) is 0 Å². The Labute approximate surface area is 103 Å². The number of halogens is 1. The molecular weight excluding hydrogens is 236 g/mol. The van der Waals surface area contributed by atoms with E-state index < -0.39 is 0 Å². The molecule has 0 amide bonds. The van der Waals surface area contributed by atoms with Crippen LogP contribution in [0.15, 0.2) is 42.2 Å². The highest BCUT2D eigenvalue weighted by Crippen LogP contribution is 2.29. The Morgan fingerprint density at radius 2 is 2.00 bits per heavy atom. The molecule has 0 atom stereocenters. The van der Waals surface area contributed by atoms with Crippen molar-refractivity contribution in [1.82, 2.24) is 4.98 Å². The number of carbonyl (C=O) groups excluding carboxylic acids is 1. The smallest absolute Gasteiger partial charge is 0.211 e. The molecule has 3 rings (SSSR count). The number of allylic oxidation sites excluding steroid dienone is 1. The standard InChI is InChI=1S/C13H9ClN2O/c14-9-5-6-15-11(9)7-12-13(17)8-3-1-2-4-10(8)16-12/h1-7,15-16H/b12-7+. The average Bonchev–Trinajstić information content (AvgIpc) is 2.87. The summed E-state index contributed by atoms with van der Waals surface area (Å²) in [7, 11) is 0. The van der Waals surface area contributed by atoms with Crippen LogP contribution in [0, 0.1) is 0 Å². The van der Waals surface area contributed by atoms with Gasteiger partial charge < -0.3 is 10.3 Å². The fraction of sp³-hybridized carbons (Fsp3) is 0. The van der Waals surface area contributed by atoms with Crippen molar-refractivity contribution in [1.29, 1.82) is 0 Å². The van der Waals surface area contributed by atoms with E-state index in [1.54, 1.807) is 18.3 Å². The summed E-state index contributed by atoms with van der Waals surface area (Å²) in [5.74, 6) is -0.00809. The van der Waals surface area contributed by atoms with Gasteiger partial charge in [0.05, 0.1) is 16.4 Å². The first-order valence-electron chi connectivity index (χ1n) is 5.21. The van der Waals surface area contributed by atoms with Gasteiger partial charge in [0.2, 0.25) is 5.78 Å². The van der Waals surface area contributed by atoms with Gasteiger partial charge in [0, 0.05) is 17.4 Å². The van der Waals surface area contributed by atoms with E-state index in [4.69, 9.17) is 11.6 Å². The number of H-pyrrole nitrogens is 1. The molecule has 0 radical (unpaired) electrons. The Morgan fingerprint density at radius 1 is 1.18 bits per heavy atom. The van der Waals surface area contributed by atoms with E-state index in [2.05, 4.69) is 10.3 Å². The van der Waals surface area contributed by atoms with Crippen LogP contribution in [0.5, 0.6) is 0 Å². The number of anilines is 1. The largest absolute Gasteiger partial charge is 0.360 e. The third-order valence-electron chi connectivity index (χ3n) is 2.70. The number of hydrogen-bond acceptors (Lipinski definition) is 2. The second kappa shape index (κ2) is 3.79. The number of aromatic amines is 1. The maximum atomic E-state index is 12.0. The Kier molecular flexibility index (Phi) is 2.27. The first-order valence-corrected chi connectivity index (χ1v) is 5.59. The van der Waals surface area contributed by atoms with Crippen LogP contribution in [-0.2, 0) is 0 Å². The molecule has 2 N–H and O–H groups in total. The van der Waals surface area contributed by atoms with Crippen LogP contribution in [0.2, 0.25) is 5.02 Å². The fourth-order valence-electron chi connectivity index (χ4n) is 1.86. The molecule has 1 aliphatic rings. The summed E-state index contributed by atoms with van der Waals surface area (Å²) in [5, 5.41) is 3.68. The monoisotopic (exact) mass is 244 g/mol. The Balaban J connectivity index is 2.02. The second-order valence-electron chi connectivity index (χ2n) is 3.80. The number of fused-ring (bicyclic) bond motifs is 1. The summed E-state index contributed by atoms with van der Waals surface area (Å²) in [5.41, 5.74) is 2.80. The predicted octanol–water partition coefficient (Wildman–Crippen LogP) is 3.32. The van der Waals surface area contributed by atoms with E-state index in [1.165, 1.54) is 0 Å². The molecule has 1 aromatic heterocycles. The molecule has 0 saturated carbocycles. The minimum Gasteiger partial charge on any atom is -0.360 e. The average molecular weight is 245 g/mol. The van der Waals surface area contributed by atoms with Gasteiger partial charge in [-0.15, -0.1) is 0 Å². The molecule has 0 fully saturated rings. The Hall–Kier alpha value is -2.00. The molecule has 0 aliphatic carbocycles. The third-order valence-corrected chi connectivity index (χ3v) is 3.03. The van der Waals surface area contributed by atoms with Gasteiger partial charge in [-0.2, -0.15) is 0 Å². The van der Waals surface area contributed by atoms with Crippen molar-refractivity contribution in [3.05, 3.63) is 58.5 Å². The fourth-order valence-corrected chi connectivity index (χ4v) is 2.03. The van der Waals surface area contributed by atoms with E-state index in [-0.39, 0.29) is 5.78 Å². The molecule has 4 heteroatoms. The summed E-state index contributed by atoms with van der Waals surface area (Å²) in [4.78, 5) is 15.0. The number of hydrogen-bond donors (Lipinski definition) is 2. The van der Waals surface area contributed by atoms with Gasteiger partial charge in [-0.25, -0.2) is 0 Å². The summed E-state index contributed by atoms with van der Waals surface area (Å²) in [6.07, 6.45) is 3.46. The maximum absolute atomic E-state index is 12.0. The number of Topliss-reactive ketones (excluding diaryl/α,β-unsaturated/α-hetero) is 1. The zero-order valence-corrected chi connectivity index (χ0v) is 9.58. The van der Waals surface area contributed by atoms with E-state index in [0.29, 0.717) is 16.3 Å². The SMILES string of the molecule is O=C1/C(=C\c2[nH]ccc2Cl)Nc2ccccc21. The number of aromatic nitrogens is 1. The first-order chi connectivity index (χ1) is 8.25. The topological polar surface area (TPSA) is 44.9 Å². The van der Waals surface area contributed by atoms with Gasteiger partial charge in [-0.1, -0.05) is 23.7 Å². The highest BCUT2D eigenvalue weighted by molar-refractivity contribution is 6.32. The Bertz CT molecular complexity index is 628. The van der Waals surface area contributed by atoms with Gasteiger partial charge in [0.15, 0.2) is 0 Å². The summed E-state index contributed by atoms with van der Waals surface area (Å²) < 4.78 is 0. The normalized spacial score (nSPS) is 16.1. The van der Waals surface area contributed by atoms with Gasteiger partial charge in [0.25, 0.3) is 0 Å². The molecule has 84 valence electrons. The molecule has 2 heterocycles. The van der Waals surface area contributed by atoms with Crippen LogP contribution in [0.1, 0.15) is 16.1 Å². The van der Waals surface area contributed by atoms with E-state index >= 15 is 0 Å². The molecule has 0 spiro atoms. The van der Waals surface area contributed by atoms with E-state index in [0.717, 1.165) is 11.4 Å². The molecular formula is C13H9ClN2O. The molecule has 0 saturated heterocycles. The van der Waals surface area contributed by atoms with Crippen LogP contribution in [0.3, 0.4) is 0 Å². The third kappa shape index (κ3) is 1.65. The van der Waals surface area contributed by atoms with Crippen LogP contribution < -0.4 is 5.32 Å². The van der Waals surface area contributed by atoms with Crippen LogP contribution >= 0.6 is 11.6 Å². The van der Waals surface area contributed by atoms with E-state index in [1.807, 2.05) is 24.3 Å². The molecule has 0 unspecified atom stereocenters. The zero-order valence-electron chi connectivity index (χ0n) is 8.83. The lowest BCUT2D eigenvalue weighted by Crippen LogP contribution is -1.99. The molecule has 1 aromatic carbocycles. The minimum atomic E-state index is -0.00809. The van der Waals surface area contributed by atoms with Crippen molar-refractivity contribution in [2.45, 2.75) is 0 Å². The second-order valence-corrected chi connectivity index (χ2v) is 4.20. The van der Waals surface area contributed by atoms with Crippen LogP contribution in [-0.4, -0.2) is 10.8 Å². The number of nitrogens with one attached hydrogen (secondary N) is 2. The predicted molar refractivity (Wildman–Crippen MR) is 68.2 cm³/mol. The molecule has 2 aromatic rings. The quantitative estimate of drug-likeness (QED) is 0.756. The van der Waals surface area contributed by atoms with Crippen molar-refractivity contribution >= 4 is 29.1 Å². The summed E-state index contributed by atoms with van der Waals surface area (Å²) in [6.45, 7) is 0. The molecule has 1 aliphatic heterocycles. The lowest BCUT2D eigenvalue weighted by molar-refractivity contribution is 0.104. The lowest BCUT2D eigenvalue weighted by Gasteiger charge is -1.97. The number of ketones is 1. The molecule has 3 nitrogen and oxygen atoms in total. The van der Waals surface area contributed by atoms with Gasteiger partial charge in [0.1, 0.15) is 0 Å². The molecule has 17 heavy (non-hydrogen) atoms. The van der Waals surface area contributed by atoms with Crippen molar-refractivity contribution < 1.29 is 4.79 Å². The van der Waals surface area contributed by atoms with Gasteiger partial charge >= 0.3 is 0 Å². The van der Waals surface area contributed by atoms with Crippen LogP contribution in [0.25, 0.3) is 6.08 Å². The van der Waals surface area contributed by atoms with E-state index in [9.17, 15) is 4.79 Å². The summed E-state index contributed by atoms with van der Waals surface area (Å²) in [6, 6.07) is 9.18. The minimum absolute atomic E-state index is 0.00809. The number of para-hydroxylation sites is 1. The highest BCUT2D eigenvalue weighted by atomic mass is 35.5. The Morgan fingerprint density at radius 3 is 2.71 bits per heavy atom. The number of rotatable bonds is 1. The van der Waals surface area contributed by atoms with Crippen molar-refractivity contribution in [2.75, 3.05) is 5.32 Å². The maximum Gasteiger partial charge on any atom is 0.211 e.